The maximum Gasteiger partial charge on any atom is 0.280 e. The van der Waals surface area contributed by atoms with Gasteiger partial charge in [-0.3, -0.25) is 14.8 Å². The number of pyridine rings is 3. The fourth-order valence-electron chi connectivity index (χ4n) is 4.00. The molecule has 1 saturated heterocycles. The van der Waals surface area contributed by atoms with Crippen LogP contribution in [0.25, 0.3) is 16.8 Å². The third-order valence-electron chi connectivity index (χ3n) is 5.74. The molecule has 0 bridgehead atoms. The zero-order valence-corrected chi connectivity index (χ0v) is 18.4. The summed E-state index contributed by atoms with van der Waals surface area (Å²) in [6.45, 7) is 4.74. The summed E-state index contributed by atoms with van der Waals surface area (Å²) in [6.07, 6.45) is 5.61. The fourth-order valence-corrected chi connectivity index (χ4v) is 4.00. The van der Waals surface area contributed by atoms with Crippen molar-refractivity contribution < 1.29 is 18.3 Å². The minimum atomic E-state index is -2.75. The summed E-state index contributed by atoms with van der Waals surface area (Å²) in [7, 11) is 0. The Morgan fingerprint density at radius 1 is 1.12 bits per heavy atom. The van der Waals surface area contributed by atoms with E-state index in [1.807, 2.05) is 29.8 Å². The van der Waals surface area contributed by atoms with Crippen LogP contribution in [0.1, 0.15) is 28.2 Å². The van der Waals surface area contributed by atoms with Crippen molar-refractivity contribution in [3.63, 3.8) is 0 Å². The van der Waals surface area contributed by atoms with Gasteiger partial charge in [-0.1, -0.05) is 0 Å². The number of halogens is 2. The van der Waals surface area contributed by atoms with Gasteiger partial charge < -0.3 is 19.4 Å². The number of carbonyl (C=O) groups excluding carboxylic acids is 1. The molecule has 1 aliphatic rings. The largest absolute Gasteiger partial charge is 0.378 e. The van der Waals surface area contributed by atoms with Gasteiger partial charge in [0, 0.05) is 60.3 Å². The van der Waals surface area contributed by atoms with E-state index in [2.05, 4.69) is 31.2 Å². The van der Waals surface area contributed by atoms with Crippen LogP contribution < -0.4 is 10.2 Å². The van der Waals surface area contributed by atoms with Crippen LogP contribution in [0.5, 0.6) is 0 Å². The van der Waals surface area contributed by atoms with Crippen LogP contribution in [-0.2, 0) is 4.74 Å². The Labute approximate surface area is 194 Å². The minimum Gasteiger partial charge on any atom is -0.378 e. The van der Waals surface area contributed by atoms with Crippen molar-refractivity contribution in [3.8, 4) is 11.1 Å². The van der Waals surface area contributed by atoms with Crippen LogP contribution in [0.15, 0.2) is 55.2 Å². The summed E-state index contributed by atoms with van der Waals surface area (Å²) < 4.78 is 33.4. The first-order valence-corrected chi connectivity index (χ1v) is 10.8. The first-order chi connectivity index (χ1) is 16.5. The molecule has 4 aromatic heterocycles. The highest BCUT2D eigenvalue weighted by molar-refractivity contribution is 6.04. The maximum atomic E-state index is 13.0. The van der Waals surface area contributed by atoms with E-state index in [0.717, 1.165) is 47.3 Å². The Morgan fingerprint density at radius 2 is 1.94 bits per heavy atom. The monoisotopic (exact) mass is 464 g/mol. The highest BCUT2D eigenvalue weighted by atomic mass is 19.3. The molecule has 4 aromatic rings. The number of rotatable bonds is 5. The third-order valence-corrected chi connectivity index (χ3v) is 5.74. The first kappa shape index (κ1) is 21.9. The summed E-state index contributed by atoms with van der Waals surface area (Å²) in [4.78, 5) is 27.5. The number of aryl methyl sites for hydroxylation is 1. The van der Waals surface area contributed by atoms with Gasteiger partial charge in [0.15, 0.2) is 5.65 Å². The molecule has 34 heavy (non-hydrogen) atoms. The topological polar surface area (TPSA) is 84.7 Å². The predicted octanol–water partition coefficient (Wildman–Crippen LogP) is 4.13. The zero-order chi connectivity index (χ0) is 23.7. The number of imidazole rings is 1. The lowest BCUT2D eigenvalue weighted by atomic mass is 10.0. The molecule has 0 aliphatic carbocycles. The van der Waals surface area contributed by atoms with Gasteiger partial charge in [-0.05, 0) is 31.2 Å². The molecular weight excluding hydrogens is 442 g/mol. The standard InChI is InChI=1S/C24H22F2N6O2/c1-15-19(12-18(13-29-15)30-24(33)16-2-3-27-20(10-16)22(25)26)17-11-21(31-6-8-34-9-7-31)23-28-4-5-32(23)14-17/h2-5,10-14,22H,6-9H2,1H3,(H,30,33). The molecule has 0 radical (unpaired) electrons. The lowest BCUT2D eigenvalue weighted by molar-refractivity contribution is 0.102. The number of fused-ring (bicyclic) bond motifs is 1. The molecule has 0 unspecified atom stereocenters. The van der Waals surface area contributed by atoms with E-state index in [-0.39, 0.29) is 5.56 Å². The summed E-state index contributed by atoms with van der Waals surface area (Å²) >= 11 is 0. The van der Waals surface area contributed by atoms with Crippen LogP contribution in [0.3, 0.4) is 0 Å². The molecule has 1 amide bonds. The highest BCUT2D eigenvalue weighted by Crippen LogP contribution is 2.31. The van der Waals surface area contributed by atoms with E-state index in [4.69, 9.17) is 4.74 Å². The molecule has 0 atom stereocenters. The summed E-state index contributed by atoms with van der Waals surface area (Å²) in [5.74, 6) is -0.514. The Balaban J connectivity index is 1.48. The van der Waals surface area contributed by atoms with Crippen molar-refractivity contribution in [3.05, 3.63) is 72.2 Å². The highest BCUT2D eigenvalue weighted by Gasteiger charge is 2.18. The molecule has 0 spiro atoms. The number of alkyl halides is 2. The number of aromatic nitrogens is 4. The van der Waals surface area contributed by atoms with Gasteiger partial charge in [0.25, 0.3) is 12.3 Å². The van der Waals surface area contributed by atoms with Gasteiger partial charge in [0.2, 0.25) is 0 Å². The van der Waals surface area contributed by atoms with Gasteiger partial charge in [-0.15, -0.1) is 0 Å². The van der Waals surface area contributed by atoms with Crippen LogP contribution in [0.2, 0.25) is 0 Å². The van der Waals surface area contributed by atoms with E-state index >= 15 is 0 Å². The Hall–Kier alpha value is -3.92. The molecule has 5 heterocycles. The Bertz CT molecular complexity index is 1350. The molecule has 1 N–H and O–H groups in total. The second kappa shape index (κ2) is 9.14. The lowest BCUT2D eigenvalue weighted by Gasteiger charge is -2.29. The van der Waals surface area contributed by atoms with Crippen molar-refractivity contribution in [1.82, 2.24) is 19.4 Å². The van der Waals surface area contributed by atoms with Crippen molar-refractivity contribution in [2.24, 2.45) is 0 Å². The second-order valence-corrected chi connectivity index (χ2v) is 7.95. The Morgan fingerprint density at radius 3 is 2.74 bits per heavy atom. The summed E-state index contributed by atoms with van der Waals surface area (Å²) in [5, 5.41) is 2.75. The van der Waals surface area contributed by atoms with Crippen molar-refractivity contribution in [2.45, 2.75) is 13.3 Å². The molecular formula is C24H22F2N6O2. The van der Waals surface area contributed by atoms with E-state index in [0.29, 0.717) is 18.9 Å². The van der Waals surface area contributed by atoms with Crippen LogP contribution in [-0.4, -0.2) is 51.6 Å². The van der Waals surface area contributed by atoms with Crippen LogP contribution in [0, 0.1) is 6.92 Å². The SMILES string of the molecule is Cc1ncc(NC(=O)c2ccnc(C(F)F)c2)cc1-c1cc(N2CCOCC2)c2nccn2c1. The normalized spacial score (nSPS) is 14.1. The number of carbonyl (C=O) groups is 1. The van der Waals surface area contributed by atoms with Gasteiger partial charge in [0.05, 0.1) is 30.8 Å². The average Bonchev–Trinajstić information content (AvgIpc) is 3.34. The molecule has 0 aromatic carbocycles. The minimum absolute atomic E-state index is 0.0989. The summed E-state index contributed by atoms with van der Waals surface area (Å²) in [5.41, 5.74) is 4.50. The van der Waals surface area contributed by atoms with Gasteiger partial charge in [-0.2, -0.15) is 0 Å². The van der Waals surface area contributed by atoms with Crippen LogP contribution >= 0.6 is 0 Å². The zero-order valence-electron chi connectivity index (χ0n) is 18.4. The van der Waals surface area contributed by atoms with E-state index in [1.54, 1.807) is 12.4 Å². The van der Waals surface area contributed by atoms with Crippen molar-refractivity contribution >= 4 is 22.9 Å². The van der Waals surface area contributed by atoms with E-state index in [9.17, 15) is 13.6 Å². The van der Waals surface area contributed by atoms with Crippen LogP contribution in [0.4, 0.5) is 20.2 Å². The quantitative estimate of drug-likeness (QED) is 0.478. The Kier molecular flexibility index (Phi) is 5.89. The van der Waals surface area contributed by atoms with E-state index < -0.39 is 18.0 Å². The number of amides is 1. The molecule has 1 fully saturated rings. The number of hydrogen-bond donors (Lipinski definition) is 1. The fraction of sp³-hybridized carbons (Fsp3) is 0.250. The predicted molar refractivity (Wildman–Crippen MR) is 123 cm³/mol. The lowest BCUT2D eigenvalue weighted by Crippen LogP contribution is -2.36. The second-order valence-electron chi connectivity index (χ2n) is 7.95. The van der Waals surface area contributed by atoms with Gasteiger partial charge in [0.1, 0.15) is 5.69 Å². The molecule has 5 rings (SSSR count). The number of ether oxygens (including phenoxy) is 1. The van der Waals surface area contributed by atoms with Crippen molar-refractivity contribution in [1.29, 1.82) is 0 Å². The number of nitrogens with zero attached hydrogens (tertiary/aromatic N) is 5. The molecule has 0 saturated carbocycles. The van der Waals surface area contributed by atoms with Crippen molar-refractivity contribution in [2.75, 3.05) is 36.5 Å². The number of morpholine rings is 1. The molecule has 174 valence electrons. The smallest absolute Gasteiger partial charge is 0.280 e. The first-order valence-electron chi connectivity index (χ1n) is 10.8. The molecule has 1 aliphatic heterocycles. The number of anilines is 2. The average molecular weight is 464 g/mol. The van der Waals surface area contributed by atoms with Gasteiger partial charge >= 0.3 is 0 Å². The summed E-state index contributed by atoms with van der Waals surface area (Å²) in [6, 6.07) is 6.38. The number of hydrogen-bond acceptors (Lipinski definition) is 6. The third kappa shape index (κ3) is 4.32. The molecule has 8 nitrogen and oxygen atoms in total. The van der Waals surface area contributed by atoms with Gasteiger partial charge in [-0.25, -0.2) is 13.8 Å². The number of nitrogens with one attached hydrogen (secondary N) is 1. The maximum absolute atomic E-state index is 13.0. The molecule has 10 heteroatoms. The van der Waals surface area contributed by atoms with E-state index in [1.165, 1.54) is 12.3 Å².